The first-order valence-corrected chi connectivity index (χ1v) is 7.96. The molecule has 1 N–H and O–H groups in total. The van der Waals surface area contributed by atoms with Crippen molar-refractivity contribution < 1.29 is 13.2 Å². The molecule has 0 aromatic heterocycles. The minimum atomic E-state index is -3.05. The molecule has 0 saturated heterocycles. The first kappa shape index (κ1) is 13.5. The Bertz CT molecular complexity index is 707. The van der Waals surface area contributed by atoms with Crippen LogP contribution in [0.3, 0.4) is 0 Å². The lowest BCUT2D eigenvalue weighted by Gasteiger charge is -2.05. The Hall–Kier alpha value is -1.88. The predicted octanol–water partition coefficient (Wildman–Crippen LogP) is 1.61. The van der Waals surface area contributed by atoms with Crippen LogP contribution in [-0.4, -0.2) is 32.9 Å². The van der Waals surface area contributed by atoms with Gasteiger partial charge in [0, 0.05) is 18.4 Å². The Labute approximate surface area is 112 Å². The van der Waals surface area contributed by atoms with Gasteiger partial charge >= 0.3 is 0 Å². The van der Waals surface area contributed by atoms with Crippen LogP contribution >= 0.6 is 0 Å². The molecule has 0 unspecified atom stereocenters. The van der Waals surface area contributed by atoms with Crippen LogP contribution in [0.5, 0.6) is 0 Å². The molecule has 2 aromatic rings. The standard InChI is InChI=1S/C14H15NO3S/c1-19(17,18)9-8-15-14(16)13-7-6-11-4-2-3-5-12(11)10-13/h2-7,10H,8-9H2,1H3,(H,15,16). The molecule has 4 nitrogen and oxygen atoms in total. The second-order valence-corrected chi connectivity index (χ2v) is 6.71. The van der Waals surface area contributed by atoms with Gasteiger partial charge < -0.3 is 5.32 Å². The largest absolute Gasteiger partial charge is 0.351 e. The minimum Gasteiger partial charge on any atom is -0.351 e. The van der Waals surface area contributed by atoms with Crippen molar-refractivity contribution in [2.75, 3.05) is 18.6 Å². The molecule has 1 amide bonds. The number of sulfone groups is 1. The average Bonchev–Trinajstić information content (AvgIpc) is 2.36. The molecular formula is C14H15NO3S. The van der Waals surface area contributed by atoms with E-state index in [0.29, 0.717) is 5.56 Å². The maximum atomic E-state index is 11.9. The quantitative estimate of drug-likeness (QED) is 0.923. The van der Waals surface area contributed by atoms with Crippen LogP contribution < -0.4 is 5.32 Å². The number of hydrogen-bond acceptors (Lipinski definition) is 3. The molecule has 100 valence electrons. The zero-order valence-corrected chi connectivity index (χ0v) is 11.4. The molecule has 0 spiro atoms. The summed E-state index contributed by atoms with van der Waals surface area (Å²) in [7, 11) is -3.05. The van der Waals surface area contributed by atoms with Crippen LogP contribution in [0, 0.1) is 0 Å². The number of benzene rings is 2. The van der Waals surface area contributed by atoms with Crippen LogP contribution in [0.2, 0.25) is 0 Å². The molecule has 19 heavy (non-hydrogen) atoms. The third-order valence-corrected chi connectivity index (χ3v) is 3.72. The van der Waals surface area contributed by atoms with Crippen molar-refractivity contribution in [3.8, 4) is 0 Å². The highest BCUT2D eigenvalue weighted by molar-refractivity contribution is 7.90. The van der Waals surface area contributed by atoms with Gasteiger partial charge in [-0.1, -0.05) is 30.3 Å². The molecule has 5 heteroatoms. The number of carbonyl (C=O) groups is 1. The van der Waals surface area contributed by atoms with Crippen LogP contribution in [-0.2, 0) is 9.84 Å². The molecule has 0 aliphatic carbocycles. The summed E-state index contributed by atoms with van der Waals surface area (Å²) < 4.78 is 21.9. The Morgan fingerprint density at radius 1 is 1.11 bits per heavy atom. The molecule has 2 rings (SSSR count). The van der Waals surface area contributed by atoms with Crippen molar-refractivity contribution in [3.63, 3.8) is 0 Å². The number of rotatable bonds is 4. The summed E-state index contributed by atoms with van der Waals surface area (Å²) >= 11 is 0. The molecule has 0 saturated carbocycles. The van der Waals surface area contributed by atoms with Gasteiger partial charge in [0.05, 0.1) is 5.75 Å². The summed E-state index contributed by atoms with van der Waals surface area (Å²) in [4.78, 5) is 11.9. The first-order chi connectivity index (χ1) is 8.96. The van der Waals surface area contributed by atoms with E-state index in [9.17, 15) is 13.2 Å². The number of nitrogens with one attached hydrogen (secondary N) is 1. The highest BCUT2D eigenvalue weighted by atomic mass is 32.2. The Balaban J connectivity index is 2.09. The van der Waals surface area contributed by atoms with E-state index < -0.39 is 9.84 Å². The second-order valence-electron chi connectivity index (χ2n) is 4.45. The normalized spacial score (nSPS) is 11.4. The zero-order valence-electron chi connectivity index (χ0n) is 10.6. The van der Waals surface area contributed by atoms with Crippen LogP contribution in [0.15, 0.2) is 42.5 Å². The van der Waals surface area contributed by atoms with E-state index in [4.69, 9.17) is 0 Å². The zero-order chi connectivity index (χ0) is 13.9. The fourth-order valence-corrected chi connectivity index (χ4v) is 2.26. The van der Waals surface area contributed by atoms with Crippen molar-refractivity contribution in [1.29, 1.82) is 0 Å². The van der Waals surface area contributed by atoms with Crippen molar-refractivity contribution in [2.45, 2.75) is 0 Å². The van der Waals surface area contributed by atoms with E-state index in [1.165, 1.54) is 0 Å². The van der Waals surface area contributed by atoms with Crippen molar-refractivity contribution >= 4 is 26.5 Å². The maximum absolute atomic E-state index is 11.9. The maximum Gasteiger partial charge on any atom is 0.251 e. The van der Waals surface area contributed by atoms with E-state index in [2.05, 4.69) is 5.32 Å². The monoisotopic (exact) mass is 277 g/mol. The molecule has 0 aliphatic heterocycles. The molecule has 0 radical (unpaired) electrons. The Morgan fingerprint density at radius 3 is 2.47 bits per heavy atom. The molecule has 0 fully saturated rings. The summed E-state index contributed by atoms with van der Waals surface area (Å²) in [6.07, 6.45) is 1.15. The smallest absolute Gasteiger partial charge is 0.251 e. The van der Waals surface area contributed by atoms with Gasteiger partial charge in [-0.05, 0) is 22.9 Å². The summed E-state index contributed by atoms with van der Waals surface area (Å²) in [5, 5.41) is 4.65. The Kier molecular flexibility index (Phi) is 3.85. The molecule has 0 heterocycles. The number of fused-ring (bicyclic) bond motifs is 1. The van der Waals surface area contributed by atoms with Crippen molar-refractivity contribution in [2.24, 2.45) is 0 Å². The third kappa shape index (κ3) is 3.79. The fraction of sp³-hybridized carbons (Fsp3) is 0.214. The van der Waals surface area contributed by atoms with E-state index >= 15 is 0 Å². The molecule has 0 bridgehead atoms. The highest BCUT2D eigenvalue weighted by Crippen LogP contribution is 2.15. The van der Waals surface area contributed by atoms with Gasteiger partial charge in [-0.2, -0.15) is 0 Å². The summed E-state index contributed by atoms with van der Waals surface area (Å²) in [6.45, 7) is 0.129. The molecule has 2 aromatic carbocycles. The first-order valence-electron chi connectivity index (χ1n) is 5.90. The van der Waals surface area contributed by atoms with E-state index in [1.807, 2.05) is 30.3 Å². The molecular weight excluding hydrogens is 262 g/mol. The van der Waals surface area contributed by atoms with Gasteiger partial charge in [0.15, 0.2) is 0 Å². The predicted molar refractivity (Wildman–Crippen MR) is 76.0 cm³/mol. The van der Waals surface area contributed by atoms with Crippen molar-refractivity contribution in [3.05, 3.63) is 48.0 Å². The van der Waals surface area contributed by atoms with Crippen LogP contribution in [0.25, 0.3) is 10.8 Å². The van der Waals surface area contributed by atoms with E-state index in [0.717, 1.165) is 17.0 Å². The van der Waals surface area contributed by atoms with Crippen LogP contribution in [0.4, 0.5) is 0 Å². The van der Waals surface area contributed by atoms with Crippen LogP contribution in [0.1, 0.15) is 10.4 Å². The number of carbonyl (C=O) groups excluding carboxylic acids is 1. The lowest BCUT2D eigenvalue weighted by atomic mass is 10.1. The third-order valence-electron chi connectivity index (χ3n) is 2.77. The summed E-state index contributed by atoms with van der Waals surface area (Å²) in [5.41, 5.74) is 0.534. The van der Waals surface area contributed by atoms with Gasteiger partial charge in [-0.3, -0.25) is 4.79 Å². The summed E-state index contributed by atoms with van der Waals surface area (Å²) in [5.74, 6) is -0.304. The summed E-state index contributed by atoms with van der Waals surface area (Å²) in [6, 6.07) is 13.2. The van der Waals surface area contributed by atoms with Gasteiger partial charge in [-0.25, -0.2) is 8.42 Å². The van der Waals surface area contributed by atoms with E-state index in [1.54, 1.807) is 12.1 Å². The minimum absolute atomic E-state index is 0.0493. The van der Waals surface area contributed by atoms with Gasteiger partial charge in [0.2, 0.25) is 0 Å². The highest BCUT2D eigenvalue weighted by Gasteiger charge is 2.07. The average molecular weight is 277 g/mol. The molecule has 0 atom stereocenters. The SMILES string of the molecule is CS(=O)(=O)CCNC(=O)c1ccc2ccccc2c1. The van der Waals surface area contributed by atoms with Gasteiger partial charge in [0.1, 0.15) is 9.84 Å². The van der Waals surface area contributed by atoms with Gasteiger partial charge in [-0.15, -0.1) is 0 Å². The fourth-order valence-electron chi connectivity index (χ4n) is 1.78. The number of amides is 1. The van der Waals surface area contributed by atoms with Gasteiger partial charge in [0.25, 0.3) is 5.91 Å². The lowest BCUT2D eigenvalue weighted by Crippen LogP contribution is -2.28. The van der Waals surface area contributed by atoms with Crippen molar-refractivity contribution in [1.82, 2.24) is 5.32 Å². The second kappa shape index (κ2) is 5.40. The number of hydrogen-bond donors (Lipinski definition) is 1. The van der Waals surface area contributed by atoms with E-state index in [-0.39, 0.29) is 18.2 Å². The molecule has 0 aliphatic rings. The lowest BCUT2D eigenvalue weighted by molar-refractivity contribution is 0.0956. The topological polar surface area (TPSA) is 63.2 Å². The Morgan fingerprint density at radius 2 is 1.79 bits per heavy atom.